The number of hydrogen-bond acceptors (Lipinski definition) is 6. The van der Waals surface area contributed by atoms with Gasteiger partial charge in [0.15, 0.2) is 0 Å². The highest BCUT2D eigenvalue weighted by molar-refractivity contribution is 6.56. The van der Waals surface area contributed by atoms with Crippen LogP contribution >= 0.6 is 11.6 Å². The number of allylic oxidation sites excluding steroid dienone is 1. The molecule has 7 nitrogen and oxygen atoms in total. The predicted octanol–water partition coefficient (Wildman–Crippen LogP) is 5.85. The molecule has 32 heavy (non-hydrogen) atoms. The minimum Gasteiger partial charge on any atom is -0.279 e. The fraction of sp³-hybridized carbons (Fsp3) is 0.0417. The van der Waals surface area contributed by atoms with Crippen molar-refractivity contribution in [2.75, 3.05) is 5.43 Å². The van der Waals surface area contributed by atoms with E-state index in [9.17, 15) is 20.6 Å². The van der Waals surface area contributed by atoms with E-state index in [4.69, 9.17) is 11.6 Å². The van der Waals surface area contributed by atoms with Crippen LogP contribution in [0, 0.1) is 39.7 Å². The molecule has 0 fully saturated rings. The lowest BCUT2D eigenvalue weighted by Gasteiger charge is -2.10. The van der Waals surface area contributed by atoms with Crippen LogP contribution in [-0.4, -0.2) is 11.1 Å². The summed E-state index contributed by atoms with van der Waals surface area (Å²) < 4.78 is 0. The van der Waals surface area contributed by atoms with Crippen molar-refractivity contribution in [2.45, 2.75) is 6.92 Å². The minimum atomic E-state index is -0.616. The molecular formula is C24H16ClN5O2. The fourth-order valence-electron chi connectivity index (χ4n) is 2.92. The second-order valence-electron chi connectivity index (χ2n) is 6.73. The van der Waals surface area contributed by atoms with Crippen molar-refractivity contribution in [1.82, 2.24) is 0 Å². The van der Waals surface area contributed by atoms with Gasteiger partial charge in [-0.25, -0.2) is 0 Å². The highest BCUT2D eigenvalue weighted by Crippen LogP contribution is 2.35. The third-order valence-electron chi connectivity index (χ3n) is 4.57. The molecule has 3 aromatic rings. The van der Waals surface area contributed by atoms with Crippen molar-refractivity contribution in [3.8, 4) is 12.1 Å². The van der Waals surface area contributed by atoms with Gasteiger partial charge in [0.1, 0.15) is 12.1 Å². The average molecular weight is 442 g/mol. The molecule has 1 N–H and O–H groups in total. The summed E-state index contributed by atoms with van der Waals surface area (Å²) in [7, 11) is 0. The topological polar surface area (TPSA) is 115 Å². The number of para-hydroxylation sites is 1. The fourth-order valence-corrected chi connectivity index (χ4v) is 3.20. The van der Waals surface area contributed by atoms with Gasteiger partial charge >= 0.3 is 0 Å². The Labute approximate surface area is 189 Å². The first-order chi connectivity index (χ1) is 15.4. The highest BCUT2D eigenvalue weighted by atomic mass is 35.5. The summed E-state index contributed by atoms with van der Waals surface area (Å²) in [5.41, 5.74) is 5.07. The normalized spacial score (nSPS) is 11.4. The number of nitriles is 2. The molecule has 0 amide bonds. The largest absolute Gasteiger partial charge is 0.279 e. The van der Waals surface area contributed by atoms with Crippen LogP contribution < -0.4 is 5.43 Å². The second kappa shape index (κ2) is 10.0. The smallest absolute Gasteiger partial charge is 0.278 e. The van der Waals surface area contributed by atoms with Gasteiger partial charge in [-0.15, -0.1) is 0 Å². The Morgan fingerprint density at radius 1 is 1.06 bits per heavy atom. The van der Waals surface area contributed by atoms with Gasteiger partial charge in [0, 0.05) is 11.6 Å². The summed E-state index contributed by atoms with van der Waals surface area (Å²) in [6, 6.07) is 22.5. The molecule has 0 atom stereocenters. The number of benzene rings is 3. The number of rotatable bonds is 6. The Kier molecular flexibility index (Phi) is 6.97. The Morgan fingerprint density at radius 3 is 2.28 bits per heavy atom. The van der Waals surface area contributed by atoms with E-state index in [1.807, 2.05) is 49.4 Å². The van der Waals surface area contributed by atoms with Crippen LogP contribution in [-0.2, 0) is 0 Å². The number of anilines is 1. The van der Waals surface area contributed by atoms with Crippen LogP contribution in [0.2, 0.25) is 0 Å². The van der Waals surface area contributed by atoms with Crippen LogP contribution in [0.4, 0.5) is 11.4 Å². The molecule has 0 saturated carbocycles. The van der Waals surface area contributed by atoms with Gasteiger partial charge in [0.05, 0.1) is 38.5 Å². The molecule has 3 rings (SSSR count). The molecule has 0 unspecified atom stereocenters. The van der Waals surface area contributed by atoms with E-state index in [1.54, 1.807) is 24.3 Å². The van der Waals surface area contributed by atoms with E-state index < -0.39 is 4.92 Å². The van der Waals surface area contributed by atoms with E-state index in [0.29, 0.717) is 11.3 Å². The zero-order valence-electron chi connectivity index (χ0n) is 16.9. The van der Waals surface area contributed by atoms with Crippen LogP contribution in [0.1, 0.15) is 27.8 Å². The molecule has 0 bridgehead atoms. The summed E-state index contributed by atoms with van der Waals surface area (Å²) in [5.74, 6) is 0. The summed E-state index contributed by atoms with van der Waals surface area (Å²) in [4.78, 5) is 11.2. The van der Waals surface area contributed by atoms with Crippen LogP contribution in [0.15, 0.2) is 71.8 Å². The zero-order chi connectivity index (χ0) is 23.1. The van der Waals surface area contributed by atoms with Crippen LogP contribution in [0.3, 0.4) is 0 Å². The molecule has 0 aliphatic heterocycles. The first kappa shape index (κ1) is 22.2. The van der Waals surface area contributed by atoms with Gasteiger partial charge in [-0.1, -0.05) is 59.6 Å². The second-order valence-corrected chi connectivity index (χ2v) is 7.10. The average Bonchev–Trinajstić information content (AvgIpc) is 2.81. The lowest BCUT2D eigenvalue weighted by atomic mass is 9.96. The SMILES string of the molecule is Cc1ccc(/C(Cl)=C(\C=N/Nc2ccccc2)c2cc(C#N)c(C#N)cc2[N+](=O)[O-])cc1. The third kappa shape index (κ3) is 4.99. The molecule has 156 valence electrons. The number of nitrogens with one attached hydrogen (secondary N) is 1. The van der Waals surface area contributed by atoms with Gasteiger partial charge < -0.3 is 0 Å². The number of halogens is 1. The molecular weight excluding hydrogens is 426 g/mol. The van der Waals surface area contributed by atoms with Crippen molar-refractivity contribution >= 4 is 39.8 Å². The summed E-state index contributed by atoms with van der Waals surface area (Å²) in [6.45, 7) is 1.93. The summed E-state index contributed by atoms with van der Waals surface area (Å²) in [5, 5.41) is 34.9. The molecule has 0 aliphatic carbocycles. The maximum atomic E-state index is 11.8. The number of hydrogen-bond donors (Lipinski definition) is 1. The lowest BCUT2D eigenvalue weighted by molar-refractivity contribution is -0.385. The van der Waals surface area contributed by atoms with E-state index in [2.05, 4.69) is 10.5 Å². The van der Waals surface area contributed by atoms with Crippen molar-refractivity contribution in [1.29, 1.82) is 10.5 Å². The van der Waals surface area contributed by atoms with Crippen molar-refractivity contribution in [3.05, 3.63) is 105 Å². The van der Waals surface area contributed by atoms with E-state index >= 15 is 0 Å². The Balaban J connectivity index is 2.22. The Hall–Kier alpha value is -4.46. The minimum absolute atomic E-state index is 0.00314. The molecule has 0 spiro atoms. The Morgan fingerprint density at radius 2 is 1.69 bits per heavy atom. The van der Waals surface area contributed by atoms with Gasteiger partial charge in [-0.2, -0.15) is 15.6 Å². The maximum absolute atomic E-state index is 11.8. The third-order valence-corrected chi connectivity index (χ3v) is 4.99. The molecule has 3 aromatic carbocycles. The molecule has 0 heterocycles. The molecule has 0 aromatic heterocycles. The quantitative estimate of drug-likeness (QED) is 0.223. The number of nitro groups is 1. The predicted molar refractivity (Wildman–Crippen MR) is 125 cm³/mol. The number of hydrazone groups is 1. The Bertz CT molecular complexity index is 1300. The molecule has 0 radical (unpaired) electrons. The lowest BCUT2D eigenvalue weighted by Crippen LogP contribution is -2.01. The van der Waals surface area contributed by atoms with E-state index in [1.165, 1.54) is 12.3 Å². The number of aryl methyl sites for hydroxylation is 1. The van der Waals surface area contributed by atoms with Crippen molar-refractivity contribution < 1.29 is 4.92 Å². The van der Waals surface area contributed by atoms with Gasteiger partial charge in [-0.05, 0) is 30.7 Å². The summed E-state index contributed by atoms with van der Waals surface area (Å²) in [6.07, 6.45) is 1.37. The van der Waals surface area contributed by atoms with Crippen LogP contribution in [0.5, 0.6) is 0 Å². The van der Waals surface area contributed by atoms with Gasteiger partial charge in [0.2, 0.25) is 0 Å². The van der Waals surface area contributed by atoms with Crippen molar-refractivity contribution in [2.24, 2.45) is 5.10 Å². The standard InChI is InChI=1S/C24H16ClN5O2/c1-16-7-9-17(10-8-16)24(25)22(15-28-29-20-5-3-2-4-6-20)21-11-18(13-26)19(14-27)12-23(21)30(31)32/h2-12,15,29H,1H3/b24-22-,28-15-. The monoisotopic (exact) mass is 441 g/mol. The van der Waals surface area contributed by atoms with E-state index in [0.717, 1.165) is 11.6 Å². The van der Waals surface area contributed by atoms with Gasteiger partial charge in [0.25, 0.3) is 5.69 Å². The first-order valence-corrected chi connectivity index (χ1v) is 9.76. The molecule has 0 saturated heterocycles. The zero-order valence-corrected chi connectivity index (χ0v) is 17.7. The number of nitrogens with zero attached hydrogens (tertiary/aromatic N) is 4. The van der Waals surface area contributed by atoms with Gasteiger partial charge in [-0.3, -0.25) is 15.5 Å². The molecule has 8 heteroatoms. The van der Waals surface area contributed by atoms with E-state index in [-0.39, 0.29) is 33.0 Å². The van der Waals surface area contributed by atoms with Crippen LogP contribution in [0.25, 0.3) is 10.6 Å². The molecule has 0 aliphatic rings. The highest BCUT2D eigenvalue weighted by Gasteiger charge is 2.23. The maximum Gasteiger partial charge on any atom is 0.278 e. The summed E-state index contributed by atoms with van der Waals surface area (Å²) >= 11 is 6.68. The first-order valence-electron chi connectivity index (χ1n) is 9.38. The number of nitro benzene ring substituents is 1. The van der Waals surface area contributed by atoms with Crippen molar-refractivity contribution in [3.63, 3.8) is 0 Å².